The van der Waals surface area contributed by atoms with Crippen molar-refractivity contribution < 1.29 is 5.11 Å². The molecule has 1 heteroatoms. The Morgan fingerprint density at radius 3 is 2.33 bits per heavy atom. The average Bonchev–Trinajstić information content (AvgIpc) is 1.94. The fourth-order valence-corrected chi connectivity index (χ4v) is 3.73. The lowest BCUT2D eigenvalue weighted by atomic mass is 9.55. The molecule has 0 saturated heterocycles. The van der Waals surface area contributed by atoms with Gasteiger partial charge in [-0.05, 0) is 42.4 Å². The van der Waals surface area contributed by atoms with Crippen LogP contribution in [0, 0.1) is 16.7 Å². The smallest absolute Gasteiger partial charge is 0.0604 e. The van der Waals surface area contributed by atoms with Gasteiger partial charge in [0.15, 0.2) is 0 Å². The number of hydrogen-bond acceptors (Lipinski definition) is 1. The van der Waals surface area contributed by atoms with Gasteiger partial charge in [-0.3, -0.25) is 0 Å². The minimum absolute atomic E-state index is 0.0174. The Hall–Kier alpha value is -0.0400. The molecule has 3 unspecified atom stereocenters. The summed E-state index contributed by atoms with van der Waals surface area (Å²) in [7, 11) is 0. The zero-order valence-electron chi connectivity index (χ0n) is 8.43. The van der Waals surface area contributed by atoms with Crippen LogP contribution in [0.1, 0.15) is 46.5 Å². The molecule has 0 aromatic carbocycles. The minimum atomic E-state index is -0.0174. The molecule has 0 aromatic heterocycles. The molecule has 3 atom stereocenters. The van der Waals surface area contributed by atoms with Gasteiger partial charge >= 0.3 is 0 Å². The number of rotatable bonds is 1. The van der Waals surface area contributed by atoms with E-state index in [2.05, 4.69) is 20.8 Å². The second-order valence-electron chi connectivity index (χ2n) is 5.39. The Labute approximate surface area is 75.2 Å². The summed E-state index contributed by atoms with van der Waals surface area (Å²) in [6.07, 6.45) is 4.78. The Bertz CT molecular complexity index is 193. The van der Waals surface area contributed by atoms with Gasteiger partial charge in [0, 0.05) is 0 Å². The SMILES string of the molecule is CCC12CCC1C(C)(C)CC2O. The predicted molar refractivity (Wildman–Crippen MR) is 49.9 cm³/mol. The van der Waals surface area contributed by atoms with Crippen LogP contribution >= 0.6 is 0 Å². The van der Waals surface area contributed by atoms with E-state index in [9.17, 15) is 5.11 Å². The van der Waals surface area contributed by atoms with Crippen LogP contribution in [0.4, 0.5) is 0 Å². The van der Waals surface area contributed by atoms with Gasteiger partial charge < -0.3 is 5.11 Å². The second kappa shape index (κ2) is 2.25. The maximum atomic E-state index is 10.0. The third kappa shape index (κ3) is 0.783. The lowest BCUT2D eigenvalue weighted by Gasteiger charge is -2.50. The number of aliphatic hydroxyl groups excluding tert-OH is 1. The van der Waals surface area contributed by atoms with Gasteiger partial charge in [0.1, 0.15) is 0 Å². The summed E-state index contributed by atoms with van der Waals surface area (Å²) >= 11 is 0. The van der Waals surface area contributed by atoms with Gasteiger partial charge in [-0.25, -0.2) is 0 Å². The molecule has 0 amide bonds. The zero-order valence-corrected chi connectivity index (χ0v) is 8.43. The molecule has 2 saturated carbocycles. The van der Waals surface area contributed by atoms with Crippen molar-refractivity contribution in [2.24, 2.45) is 16.7 Å². The highest BCUT2D eigenvalue weighted by atomic mass is 16.3. The van der Waals surface area contributed by atoms with Gasteiger partial charge in [0.25, 0.3) is 0 Å². The van der Waals surface area contributed by atoms with Gasteiger partial charge in [-0.1, -0.05) is 20.8 Å². The highest BCUT2D eigenvalue weighted by molar-refractivity contribution is 5.11. The van der Waals surface area contributed by atoms with Crippen LogP contribution in [0.2, 0.25) is 0 Å². The molecule has 0 radical (unpaired) electrons. The van der Waals surface area contributed by atoms with Crippen molar-refractivity contribution in [1.82, 2.24) is 0 Å². The topological polar surface area (TPSA) is 20.2 Å². The molecule has 2 fully saturated rings. The molecule has 2 aliphatic carbocycles. The molecule has 1 nitrogen and oxygen atoms in total. The van der Waals surface area contributed by atoms with Gasteiger partial charge in [0.2, 0.25) is 0 Å². The van der Waals surface area contributed by atoms with Crippen molar-refractivity contribution in [2.45, 2.75) is 52.6 Å². The normalized spacial score (nSPS) is 50.0. The molecular weight excluding hydrogens is 148 g/mol. The van der Waals surface area contributed by atoms with Gasteiger partial charge in [-0.2, -0.15) is 0 Å². The van der Waals surface area contributed by atoms with E-state index in [4.69, 9.17) is 0 Å². The zero-order chi connectivity index (χ0) is 8.98. The molecule has 0 aliphatic heterocycles. The van der Waals surface area contributed by atoms with Crippen molar-refractivity contribution >= 4 is 0 Å². The van der Waals surface area contributed by atoms with E-state index < -0.39 is 0 Å². The number of fused-ring (bicyclic) bond motifs is 1. The highest BCUT2D eigenvalue weighted by Crippen LogP contribution is 2.66. The average molecular weight is 168 g/mol. The van der Waals surface area contributed by atoms with Crippen LogP contribution in [0.3, 0.4) is 0 Å². The molecule has 70 valence electrons. The van der Waals surface area contributed by atoms with Crippen molar-refractivity contribution in [2.75, 3.05) is 0 Å². The Kier molecular flexibility index (Phi) is 1.61. The molecule has 0 aromatic rings. The number of hydrogen-bond donors (Lipinski definition) is 1. The molecular formula is C11H20O. The summed E-state index contributed by atoms with van der Waals surface area (Å²) in [5.41, 5.74) is 0.719. The minimum Gasteiger partial charge on any atom is -0.393 e. The van der Waals surface area contributed by atoms with Crippen molar-refractivity contribution in [1.29, 1.82) is 0 Å². The Morgan fingerprint density at radius 2 is 2.08 bits per heavy atom. The third-order valence-corrected chi connectivity index (χ3v) is 4.58. The predicted octanol–water partition coefficient (Wildman–Crippen LogP) is 2.58. The third-order valence-electron chi connectivity index (χ3n) is 4.58. The molecule has 0 heterocycles. The summed E-state index contributed by atoms with van der Waals surface area (Å²) in [4.78, 5) is 0. The first kappa shape index (κ1) is 8.55. The highest BCUT2D eigenvalue weighted by Gasteiger charge is 2.61. The lowest BCUT2D eigenvalue weighted by molar-refractivity contribution is -0.0599. The first-order valence-corrected chi connectivity index (χ1v) is 5.21. The largest absolute Gasteiger partial charge is 0.393 e. The summed E-state index contributed by atoms with van der Waals surface area (Å²) in [5.74, 6) is 0.796. The summed E-state index contributed by atoms with van der Waals surface area (Å²) in [5, 5.41) is 10.0. The first-order valence-electron chi connectivity index (χ1n) is 5.21. The maximum absolute atomic E-state index is 10.0. The maximum Gasteiger partial charge on any atom is 0.0604 e. The standard InChI is InChI=1S/C11H20O/c1-4-11-6-5-8(11)10(2,3)7-9(11)12/h8-9,12H,4-7H2,1-3H3. The Balaban J connectivity index is 2.27. The Morgan fingerprint density at radius 1 is 1.42 bits per heavy atom. The fourth-order valence-electron chi connectivity index (χ4n) is 3.73. The van der Waals surface area contributed by atoms with E-state index in [1.165, 1.54) is 19.3 Å². The summed E-state index contributed by atoms with van der Waals surface area (Å²) in [6.45, 7) is 6.87. The van der Waals surface area contributed by atoms with Gasteiger partial charge in [-0.15, -0.1) is 0 Å². The van der Waals surface area contributed by atoms with Gasteiger partial charge in [0.05, 0.1) is 6.10 Å². The molecule has 2 aliphatic rings. The van der Waals surface area contributed by atoms with Crippen LogP contribution in [0.5, 0.6) is 0 Å². The summed E-state index contributed by atoms with van der Waals surface area (Å²) in [6, 6.07) is 0. The van der Waals surface area contributed by atoms with Crippen LogP contribution in [-0.2, 0) is 0 Å². The van der Waals surface area contributed by atoms with Crippen molar-refractivity contribution in [3.05, 3.63) is 0 Å². The first-order chi connectivity index (χ1) is 5.53. The lowest BCUT2D eigenvalue weighted by Crippen LogP contribution is -2.45. The molecule has 1 N–H and O–H groups in total. The monoisotopic (exact) mass is 168 g/mol. The molecule has 0 spiro atoms. The molecule has 2 rings (SSSR count). The summed E-state index contributed by atoms with van der Waals surface area (Å²) < 4.78 is 0. The van der Waals surface area contributed by atoms with E-state index in [1.807, 2.05) is 0 Å². The molecule has 0 bridgehead atoms. The van der Waals surface area contributed by atoms with E-state index in [0.717, 1.165) is 12.3 Å². The second-order valence-corrected chi connectivity index (χ2v) is 5.39. The van der Waals surface area contributed by atoms with Crippen molar-refractivity contribution in [3.63, 3.8) is 0 Å². The number of aliphatic hydroxyl groups is 1. The molecule has 12 heavy (non-hydrogen) atoms. The van der Waals surface area contributed by atoms with E-state index in [1.54, 1.807) is 0 Å². The van der Waals surface area contributed by atoms with E-state index in [0.29, 0.717) is 10.8 Å². The van der Waals surface area contributed by atoms with Crippen LogP contribution in [-0.4, -0.2) is 11.2 Å². The van der Waals surface area contributed by atoms with Crippen LogP contribution < -0.4 is 0 Å². The van der Waals surface area contributed by atoms with Crippen LogP contribution in [0.25, 0.3) is 0 Å². The van der Waals surface area contributed by atoms with Crippen LogP contribution in [0.15, 0.2) is 0 Å². The quantitative estimate of drug-likeness (QED) is 0.638. The fraction of sp³-hybridized carbons (Fsp3) is 1.00. The van der Waals surface area contributed by atoms with E-state index >= 15 is 0 Å². The van der Waals surface area contributed by atoms with Crippen molar-refractivity contribution in [3.8, 4) is 0 Å². The van der Waals surface area contributed by atoms with E-state index in [-0.39, 0.29) is 6.10 Å².